The Kier molecular flexibility index (Phi) is 7.41. The first-order valence-corrected chi connectivity index (χ1v) is 8.92. The number of ether oxygens (including phenoxy) is 2. The van der Waals surface area contributed by atoms with Crippen LogP contribution >= 0.6 is 23.2 Å². The monoisotopic (exact) mass is 381 g/mol. The molecule has 2 rings (SSSR count). The van der Waals surface area contributed by atoms with Gasteiger partial charge in [-0.2, -0.15) is 0 Å². The molecular formula is C19H21Cl2NO3. The third-order valence-corrected chi connectivity index (χ3v) is 4.00. The van der Waals surface area contributed by atoms with Crippen molar-refractivity contribution in [3.8, 4) is 11.5 Å². The van der Waals surface area contributed by atoms with Crippen LogP contribution in [0.15, 0.2) is 36.4 Å². The molecule has 0 heterocycles. The van der Waals surface area contributed by atoms with E-state index >= 15 is 0 Å². The van der Waals surface area contributed by atoms with E-state index < -0.39 is 0 Å². The molecular weight excluding hydrogens is 361 g/mol. The van der Waals surface area contributed by atoms with Crippen molar-refractivity contribution in [1.82, 2.24) is 0 Å². The van der Waals surface area contributed by atoms with Crippen LogP contribution in [0.4, 0.5) is 5.69 Å². The first kappa shape index (κ1) is 19.4. The molecule has 0 aliphatic heterocycles. The Morgan fingerprint density at radius 3 is 2.40 bits per heavy atom. The molecule has 0 saturated carbocycles. The zero-order valence-electron chi connectivity index (χ0n) is 14.3. The fourth-order valence-electron chi connectivity index (χ4n) is 2.31. The van der Waals surface area contributed by atoms with Crippen LogP contribution in [0.3, 0.4) is 0 Å². The van der Waals surface area contributed by atoms with Crippen LogP contribution in [-0.2, 0) is 11.2 Å². The van der Waals surface area contributed by atoms with Gasteiger partial charge in [0.05, 0.1) is 23.9 Å². The summed E-state index contributed by atoms with van der Waals surface area (Å²) in [6.45, 7) is 4.98. The van der Waals surface area contributed by atoms with Crippen molar-refractivity contribution in [2.45, 2.75) is 26.7 Å². The van der Waals surface area contributed by atoms with Crippen LogP contribution in [-0.4, -0.2) is 19.1 Å². The maximum Gasteiger partial charge on any atom is 0.224 e. The van der Waals surface area contributed by atoms with Gasteiger partial charge in [0.25, 0.3) is 0 Å². The second kappa shape index (κ2) is 9.54. The molecule has 0 spiro atoms. The minimum Gasteiger partial charge on any atom is -0.490 e. The highest BCUT2D eigenvalue weighted by atomic mass is 35.5. The quantitative estimate of drug-likeness (QED) is 0.669. The first-order valence-electron chi connectivity index (χ1n) is 8.17. The molecule has 0 aromatic heterocycles. The van der Waals surface area contributed by atoms with E-state index in [1.165, 1.54) is 0 Å². The van der Waals surface area contributed by atoms with Gasteiger partial charge < -0.3 is 14.8 Å². The van der Waals surface area contributed by atoms with Gasteiger partial charge in [0.1, 0.15) is 0 Å². The Balaban J connectivity index is 1.97. The van der Waals surface area contributed by atoms with Crippen molar-refractivity contribution < 1.29 is 14.3 Å². The summed E-state index contributed by atoms with van der Waals surface area (Å²) in [5, 5.41) is 3.74. The van der Waals surface area contributed by atoms with Crippen molar-refractivity contribution in [2.75, 3.05) is 18.5 Å². The number of benzene rings is 2. The number of anilines is 1. The van der Waals surface area contributed by atoms with Gasteiger partial charge in [-0.25, -0.2) is 0 Å². The number of nitrogens with one attached hydrogen (secondary N) is 1. The van der Waals surface area contributed by atoms with Crippen molar-refractivity contribution in [3.05, 3.63) is 52.0 Å². The molecule has 0 aliphatic carbocycles. The van der Waals surface area contributed by atoms with Gasteiger partial charge in [-0.1, -0.05) is 29.3 Å². The number of carbonyl (C=O) groups is 1. The summed E-state index contributed by atoms with van der Waals surface area (Å²) in [6.07, 6.45) is 0.919. The van der Waals surface area contributed by atoms with Gasteiger partial charge in [0, 0.05) is 11.4 Å². The lowest BCUT2D eigenvalue weighted by molar-refractivity contribution is -0.116. The lowest BCUT2D eigenvalue weighted by Gasteiger charge is -2.12. The van der Waals surface area contributed by atoms with Gasteiger partial charge in [0.15, 0.2) is 11.5 Å². The summed E-state index contributed by atoms with van der Waals surface area (Å²) >= 11 is 11.9. The van der Waals surface area contributed by atoms with Gasteiger partial charge >= 0.3 is 0 Å². The van der Waals surface area contributed by atoms with Crippen LogP contribution in [0.1, 0.15) is 25.8 Å². The van der Waals surface area contributed by atoms with Crippen molar-refractivity contribution in [1.29, 1.82) is 0 Å². The molecule has 0 aliphatic rings. The fraction of sp³-hybridized carbons (Fsp3) is 0.316. The summed E-state index contributed by atoms with van der Waals surface area (Å²) in [7, 11) is 0. The molecule has 25 heavy (non-hydrogen) atoms. The number of hydrogen-bond donors (Lipinski definition) is 1. The highest BCUT2D eigenvalue weighted by molar-refractivity contribution is 6.36. The van der Waals surface area contributed by atoms with E-state index in [0.717, 1.165) is 5.56 Å². The highest BCUT2D eigenvalue weighted by Crippen LogP contribution is 2.29. The fourth-order valence-corrected chi connectivity index (χ4v) is 2.77. The number of amides is 1. The minimum atomic E-state index is -0.115. The molecule has 2 aromatic rings. The molecule has 0 unspecified atom stereocenters. The first-order chi connectivity index (χ1) is 12.0. The summed E-state index contributed by atoms with van der Waals surface area (Å²) in [5.41, 5.74) is 1.56. The zero-order valence-corrected chi connectivity index (χ0v) is 15.8. The van der Waals surface area contributed by atoms with Crippen molar-refractivity contribution in [2.24, 2.45) is 0 Å². The lowest BCUT2D eigenvalue weighted by Crippen LogP contribution is -2.12. The number of carbonyl (C=O) groups excluding carboxylic acids is 1. The molecule has 2 aromatic carbocycles. The lowest BCUT2D eigenvalue weighted by atomic mass is 10.1. The maximum absolute atomic E-state index is 12.1. The molecule has 0 saturated heterocycles. The number of halogens is 2. The molecule has 1 amide bonds. The van der Waals surface area contributed by atoms with E-state index in [1.54, 1.807) is 18.2 Å². The van der Waals surface area contributed by atoms with Crippen molar-refractivity contribution >= 4 is 34.8 Å². The van der Waals surface area contributed by atoms with E-state index in [-0.39, 0.29) is 5.91 Å². The van der Waals surface area contributed by atoms with E-state index in [9.17, 15) is 4.79 Å². The third-order valence-electron chi connectivity index (χ3n) is 3.45. The van der Waals surface area contributed by atoms with E-state index in [2.05, 4.69) is 5.32 Å². The second-order valence-electron chi connectivity index (χ2n) is 5.32. The molecule has 134 valence electrons. The maximum atomic E-state index is 12.1. The van der Waals surface area contributed by atoms with Gasteiger partial charge in [-0.15, -0.1) is 0 Å². The molecule has 0 bridgehead atoms. The highest BCUT2D eigenvalue weighted by Gasteiger charge is 2.10. The molecule has 0 atom stereocenters. The standard InChI is InChI=1S/C19H21Cl2NO3/c1-3-24-17-9-5-13(11-18(17)25-4-2)6-10-19(23)22-16-8-7-14(20)12-15(16)21/h5,7-9,11-12H,3-4,6,10H2,1-2H3,(H,22,23). The zero-order chi connectivity index (χ0) is 18.2. The second-order valence-corrected chi connectivity index (χ2v) is 6.16. The molecule has 4 nitrogen and oxygen atoms in total. The van der Waals surface area contributed by atoms with Crippen LogP contribution in [0.2, 0.25) is 10.0 Å². The number of rotatable bonds is 8. The van der Waals surface area contributed by atoms with Gasteiger partial charge in [-0.3, -0.25) is 4.79 Å². The Hall–Kier alpha value is -1.91. The molecule has 6 heteroatoms. The normalized spacial score (nSPS) is 10.4. The number of aryl methyl sites for hydroxylation is 1. The van der Waals surface area contributed by atoms with Crippen molar-refractivity contribution in [3.63, 3.8) is 0 Å². The number of hydrogen-bond acceptors (Lipinski definition) is 3. The largest absolute Gasteiger partial charge is 0.490 e. The van der Waals surface area contributed by atoms with E-state index in [4.69, 9.17) is 32.7 Å². The average Bonchev–Trinajstić information content (AvgIpc) is 2.58. The molecule has 1 N–H and O–H groups in total. The van der Waals surface area contributed by atoms with E-state index in [0.29, 0.717) is 53.3 Å². The van der Waals surface area contributed by atoms with Gasteiger partial charge in [0.2, 0.25) is 5.91 Å². The SMILES string of the molecule is CCOc1ccc(CCC(=O)Nc2ccc(Cl)cc2Cl)cc1OCC. The summed E-state index contributed by atoms with van der Waals surface area (Å²) in [5.74, 6) is 1.30. The van der Waals surface area contributed by atoms with Crippen LogP contribution in [0.25, 0.3) is 0 Å². The topological polar surface area (TPSA) is 47.6 Å². The average molecular weight is 382 g/mol. The molecule has 0 radical (unpaired) electrons. The Morgan fingerprint density at radius 2 is 1.72 bits per heavy atom. The Morgan fingerprint density at radius 1 is 1.00 bits per heavy atom. The minimum absolute atomic E-state index is 0.115. The van der Waals surface area contributed by atoms with E-state index in [1.807, 2.05) is 32.0 Å². The smallest absolute Gasteiger partial charge is 0.224 e. The Labute approximate surface area is 158 Å². The predicted octanol–water partition coefficient (Wildman–Crippen LogP) is 5.36. The summed E-state index contributed by atoms with van der Waals surface area (Å²) in [6, 6.07) is 10.7. The van der Waals surface area contributed by atoms with Crippen LogP contribution in [0.5, 0.6) is 11.5 Å². The van der Waals surface area contributed by atoms with Crippen LogP contribution in [0, 0.1) is 0 Å². The van der Waals surface area contributed by atoms with Crippen LogP contribution < -0.4 is 14.8 Å². The summed E-state index contributed by atoms with van der Waals surface area (Å²) in [4.78, 5) is 12.1. The Bertz CT molecular complexity index is 735. The summed E-state index contributed by atoms with van der Waals surface area (Å²) < 4.78 is 11.1. The third kappa shape index (κ3) is 5.83. The molecule has 0 fully saturated rings. The predicted molar refractivity (Wildman–Crippen MR) is 102 cm³/mol. The van der Waals surface area contributed by atoms with Gasteiger partial charge in [-0.05, 0) is 56.2 Å².